The predicted molar refractivity (Wildman–Crippen MR) is 77.0 cm³/mol. The number of fused-ring (bicyclic) bond motifs is 1. The van der Waals surface area contributed by atoms with Gasteiger partial charge in [-0.1, -0.05) is 40.1 Å². The Balaban J connectivity index is 1.95. The molecule has 0 amide bonds. The molecule has 2 fully saturated rings. The molecule has 0 N–H and O–H groups in total. The zero-order chi connectivity index (χ0) is 14.4. The molecule has 2 aliphatic rings. The minimum absolute atomic E-state index is 0.161. The molecule has 0 bridgehead atoms. The van der Waals surface area contributed by atoms with Crippen LogP contribution in [0.15, 0.2) is 34.7 Å². The lowest BCUT2D eigenvalue weighted by Crippen LogP contribution is -2.58. The fourth-order valence-electron chi connectivity index (χ4n) is 2.76. The van der Waals surface area contributed by atoms with Crippen LogP contribution in [-0.4, -0.2) is 43.2 Å². The second kappa shape index (κ2) is 4.46. The van der Waals surface area contributed by atoms with Crippen LogP contribution in [0.1, 0.15) is 5.56 Å². The van der Waals surface area contributed by atoms with Gasteiger partial charge in [-0.3, -0.25) is 9.59 Å². The largest absolute Gasteiger partial charge is 0.607 e. The normalized spacial score (nSPS) is 32.3. The molecule has 3 rings (SSSR count). The molecular weight excluding hydrogens is 325 g/mol. The molecule has 0 saturated carbocycles. The summed E-state index contributed by atoms with van der Waals surface area (Å²) in [7, 11) is 1.81. The van der Waals surface area contributed by atoms with Gasteiger partial charge in [-0.05, 0) is 17.7 Å². The molecule has 1 aromatic rings. The van der Waals surface area contributed by atoms with E-state index < -0.39 is 6.69 Å². The van der Waals surface area contributed by atoms with Crippen LogP contribution < -0.4 is 0 Å². The average molecular weight is 338 g/mol. The van der Waals surface area contributed by atoms with E-state index in [-0.39, 0.29) is 29.4 Å². The van der Waals surface area contributed by atoms with Gasteiger partial charge in [0.15, 0.2) is 0 Å². The first-order chi connectivity index (χ1) is 9.42. The van der Waals surface area contributed by atoms with Crippen molar-refractivity contribution in [2.24, 2.45) is 0 Å². The maximum Gasteiger partial charge on any atom is 0.607 e. The van der Waals surface area contributed by atoms with E-state index in [1.807, 2.05) is 30.3 Å². The van der Waals surface area contributed by atoms with Crippen LogP contribution in [0, 0.1) is 0 Å². The Morgan fingerprint density at radius 2 is 1.90 bits per heavy atom. The number of benzene rings is 1. The zero-order valence-electron chi connectivity index (χ0n) is 10.9. The number of hydrogen-bond acceptors (Lipinski definition) is 4. The van der Waals surface area contributed by atoms with Crippen molar-refractivity contribution >= 4 is 40.6 Å². The van der Waals surface area contributed by atoms with Crippen LogP contribution in [0.5, 0.6) is 0 Å². The van der Waals surface area contributed by atoms with Crippen LogP contribution >= 0.6 is 15.9 Å². The molecule has 0 aliphatic carbocycles. The third-order valence-electron chi connectivity index (χ3n) is 3.83. The van der Waals surface area contributed by atoms with Gasteiger partial charge in [0.2, 0.25) is 0 Å². The van der Waals surface area contributed by atoms with Crippen LogP contribution in [-0.2, 0) is 18.9 Å². The summed E-state index contributed by atoms with van der Waals surface area (Å²) < 4.78 is 11.8. The number of quaternary nitrogens is 1. The predicted octanol–water partition coefficient (Wildman–Crippen LogP) is 1.50. The average Bonchev–Trinajstić information content (AvgIpc) is 2.70. The number of rotatable bonds is 2. The Bertz CT molecular complexity index is 611. The smallest absolute Gasteiger partial charge is 0.596 e. The lowest BCUT2D eigenvalue weighted by Gasteiger charge is -2.37. The summed E-state index contributed by atoms with van der Waals surface area (Å²) >= 11 is 3.40. The van der Waals surface area contributed by atoms with E-state index in [2.05, 4.69) is 15.9 Å². The number of hydrogen-bond donors (Lipinski definition) is 0. The van der Waals surface area contributed by atoms with E-state index in [1.165, 1.54) is 0 Å². The summed E-state index contributed by atoms with van der Waals surface area (Å²) in [4.78, 5) is 23.2. The van der Waals surface area contributed by atoms with E-state index in [4.69, 9.17) is 9.31 Å². The van der Waals surface area contributed by atoms with Crippen molar-refractivity contribution in [2.75, 3.05) is 20.1 Å². The third-order valence-corrected chi connectivity index (χ3v) is 4.32. The van der Waals surface area contributed by atoms with Gasteiger partial charge in [0.1, 0.15) is 13.1 Å². The molecule has 2 saturated heterocycles. The Hall–Kier alpha value is -1.60. The molecule has 7 heteroatoms. The Labute approximate surface area is 124 Å². The highest BCUT2D eigenvalue weighted by atomic mass is 79.9. The quantitative estimate of drug-likeness (QED) is 0.767. The van der Waals surface area contributed by atoms with Crippen LogP contribution in [0.4, 0.5) is 0 Å². The molecule has 0 aromatic heterocycles. The van der Waals surface area contributed by atoms with Gasteiger partial charge < -0.3 is 13.7 Å². The summed E-state index contributed by atoms with van der Waals surface area (Å²) in [6.07, 6.45) is 1.82. The fraction of sp³-hybridized carbons (Fsp3) is 0.231. The highest BCUT2D eigenvalue weighted by Gasteiger charge is 2.63. The number of likely N-dealkylation sites (N-methyl/N-ethyl adjacent to an activating group) is 1. The molecular formula is C13H13BBrNO4. The van der Waals surface area contributed by atoms with Crippen molar-refractivity contribution < 1.29 is 23.3 Å². The van der Waals surface area contributed by atoms with E-state index in [9.17, 15) is 9.59 Å². The van der Waals surface area contributed by atoms with Gasteiger partial charge in [-0.15, -0.1) is 0 Å². The van der Waals surface area contributed by atoms with Gasteiger partial charge in [0.25, 0.3) is 0 Å². The van der Waals surface area contributed by atoms with Crippen molar-refractivity contribution in [1.82, 2.24) is 0 Å². The van der Waals surface area contributed by atoms with E-state index >= 15 is 0 Å². The Morgan fingerprint density at radius 3 is 2.50 bits per heavy atom. The molecule has 5 nitrogen and oxygen atoms in total. The molecule has 0 radical (unpaired) electrons. The third kappa shape index (κ3) is 2.07. The fourth-order valence-corrected chi connectivity index (χ4v) is 3.18. The number of halogens is 1. The molecule has 0 spiro atoms. The van der Waals surface area contributed by atoms with Gasteiger partial charge >= 0.3 is 18.6 Å². The lowest BCUT2D eigenvalue weighted by atomic mass is 9.68. The summed E-state index contributed by atoms with van der Waals surface area (Å²) in [5.41, 5.74) is 0.938. The first-order valence-electron chi connectivity index (χ1n) is 6.30. The molecule has 104 valence electrons. The van der Waals surface area contributed by atoms with Gasteiger partial charge in [0.05, 0.1) is 0 Å². The first-order valence-corrected chi connectivity index (χ1v) is 7.09. The van der Waals surface area contributed by atoms with Gasteiger partial charge in [-0.2, -0.15) is 0 Å². The Morgan fingerprint density at radius 1 is 1.25 bits per heavy atom. The second-order valence-electron chi connectivity index (χ2n) is 5.42. The van der Waals surface area contributed by atoms with Gasteiger partial charge in [-0.25, -0.2) is 0 Å². The zero-order valence-corrected chi connectivity index (χ0v) is 12.5. The summed E-state index contributed by atoms with van der Waals surface area (Å²) in [6.45, 7) is -1.76. The van der Waals surface area contributed by atoms with Crippen LogP contribution in [0.2, 0.25) is 0 Å². The summed E-state index contributed by atoms with van der Waals surface area (Å²) in [6, 6.07) is 7.68. The van der Waals surface area contributed by atoms with E-state index in [1.54, 1.807) is 13.0 Å². The van der Waals surface area contributed by atoms with Crippen LogP contribution in [0.25, 0.3) is 6.08 Å². The molecule has 20 heavy (non-hydrogen) atoms. The number of carbonyl (C=O) groups is 2. The molecule has 0 unspecified atom stereocenters. The lowest BCUT2D eigenvalue weighted by molar-refractivity contribution is -0.791. The van der Waals surface area contributed by atoms with Gasteiger partial charge in [0, 0.05) is 11.5 Å². The minimum atomic E-state index is -2.08. The molecule has 0 atom stereocenters. The van der Waals surface area contributed by atoms with Crippen molar-refractivity contribution in [1.29, 1.82) is 0 Å². The van der Waals surface area contributed by atoms with Crippen molar-refractivity contribution in [3.63, 3.8) is 0 Å². The SMILES string of the molecule is C[N+]12CC(=O)O[B-]1(/C=C/c1cccc(Br)c1)OC(=O)C2. The summed E-state index contributed by atoms with van der Waals surface area (Å²) in [5, 5.41) is 0. The highest BCUT2D eigenvalue weighted by Crippen LogP contribution is 2.35. The standard InChI is InChI=1S/C13H13BBrNO4/c1-16-8-12(17)19-14(16,20-13(18)9-16)6-5-10-3-2-4-11(15)7-10/h2-7H,8-9H2,1H3/b6-5+. The minimum Gasteiger partial charge on any atom is -0.596 e. The summed E-state index contributed by atoms with van der Waals surface area (Å²) in [5.74, 6) is 1.04. The topological polar surface area (TPSA) is 52.6 Å². The maximum atomic E-state index is 11.6. The molecule has 1 aromatic carbocycles. The molecule has 2 aliphatic heterocycles. The van der Waals surface area contributed by atoms with Crippen molar-refractivity contribution in [3.05, 3.63) is 40.3 Å². The van der Waals surface area contributed by atoms with E-state index in [0.717, 1.165) is 10.0 Å². The van der Waals surface area contributed by atoms with E-state index in [0.29, 0.717) is 0 Å². The molecule has 2 heterocycles. The maximum absolute atomic E-state index is 11.6. The second-order valence-corrected chi connectivity index (χ2v) is 6.33. The Kier molecular flexibility index (Phi) is 2.99. The monoisotopic (exact) mass is 337 g/mol. The first kappa shape index (κ1) is 13.4. The van der Waals surface area contributed by atoms with Crippen molar-refractivity contribution in [3.8, 4) is 0 Å². The van der Waals surface area contributed by atoms with Crippen LogP contribution in [0.3, 0.4) is 0 Å². The number of carbonyl (C=O) groups excluding carboxylic acids is 2. The highest BCUT2D eigenvalue weighted by molar-refractivity contribution is 9.10. The number of nitrogens with zero attached hydrogens (tertiary/aromatic N) is 1. The van der Waals surface area contributed by atoms with Crippen molar-refractivity contribution in [2.45, 2.75) is 0 Å².